The molecule has 7 heteroatoms. The number of methoxy groups -OCH3 is 1. The van der Waals surface area contributed by atoms with E-state index in [1.165, 1.54) is 4.90 Å². The highest BCUT2D eigenvalue weighted by Crippen LogP contribution is 2.60. The second kappa shape index (κ2) is 5.78. The van der Waals surface area contributed by atoms with E-state index in [0.717, 1.165) is 29.9 Å². The zero-order chi connectivity index (χ0) is 19.7. The van der Waals surface area contributed by atoms with Crippen molar-refractivity contribution in [1.82, 2.24) is 10.2 Å². The Hall–Kier alpha value is -2.44. The van der Waals surface area contributed by atoms with E-state index in [0.29, 0.717) is 31.6 Å². The van der Waals surface area contributed by atoms with Crippen LogP contribution in [0.4, 0.5) is 4.79 Å². The van der Waals surface area contributed by atoms with Crippen LogP contribution in [0.3, 0.4) is 0 Å². The minimum Gasteiger partial charge on any atom is -0.493 e. The summed E-state index contributed by atoms with van der Waals surface area (Å²) in [5.74, 6) is 2.24. The van der Waals surface area contributed by atoms with E-state index >= 15 is 0 Å². The lowest BCUT2D eigenvalue weighted by atomic mass is 9.86. The number of rotatable bonds is 5. The predicted octanol–water partition coefficient (Wildman–Crippen LogP) is 2.75. The van der Waals surface area contributed by atoms with Gasteiger partial charge in [0.2, 0.25) is 0 Å². The monoisotopic (exact) mass is 386 g/mol. The van der Waals surface area contributed by atoms with Crippen LogP contribution >= 0.6 is 0 Å². The third kappa shape index (κ3) is 2.34. The van der Waals surface area contributed by atoms with Gasteiger partial charge in [0, 0.05) is 29.9 Å². The molecule has 1 N–H and O–H groups in total. The number of hydrogen-bond donors (Lipinski definition) is 1. The molecule has 1 saturated heterocycles. The summed E-state index contributed by atoms with van der Waals surface area (Å²) >= 11 is 0. The van der Waals surface area contributed by atoms with Crippen LogP contribution in [0.15, 0.2) is 12.1 Å². The summed E-state index contributed by atoms with van der Waals surface area (Å²) in [4.78, 5) is 26.4. The van der Waals surface area contributed by atoms with E-state index in [1.807, 2.05) is 19.1 Å². The fourth-order valence-electron chi connectivity index (χ4n) is 4.57. The van der Waals surface area contributed by atoms with Gasteiger partial charge in [-0.15, -0.1) is 0 Å². The number of nitrogens with zero attached hydrogens (tertiary/aromatic N) is 1. The van der Waals surface area contributed by atoms with Crippen LogP contribution in [0.5, 0.6) is 17.2 Å². The molecule has 1 aromatic rings. The smallest absolute Gasteiger partial charge is 0.325 e. The highest BCUT2D eigenvalue weighted by atomic mass is 16.5. The second-order valence-electron chi connectivity index (χ2n) is 8.70. The molecule has 3 fully saturated rings. The van der Waals surface area contributed by atoms with Crippen LogP contribution in [0.2, 0.25) is 0 Å². The topological polar surface area (TPSA) is 77.1 Å². The van der Waals surface area contributed by atoms with Gasteiger partial charge >= 0.3 is 6.03 Å². The minimum absolute atomic E-state index is 0.0455. The first kappa shape index (κ1) is 17.6. The number of carbonyl (C=O) groups excluding carboxylic acids is 2. The summed E-state index contributed by atoms with van der Waals surface area (Å²) in [7, 11) is 1.65. The van der Waals surface area contributed by atoms with Gasteiger partial charge in [-0.05, 0) is 38.3 Å². The zero-order valence-corrected chi connectivity index (χ0v) is 16.5. The summed E-state index contributed by atoms with van der Waals surface area (Å²) in [5, 5.41) is 2.82. The number of fused-ring (bicyclic) bond motifs is 2. The van der Waals surface area contributed by atoms with Gasteiger partial charge < -0.3 is 19.5 Å². The van der Waals surface area contributed by atoms with Crippen molar-refractivity contribution < 1.29 is 23.8 Å². The number of urea groups is 1. The molecule has 2 heterocycles. The molecule has 0 aromatic heterocycles. The summed E-state index contributed by atoms with van der Waals surface area (Å²) in [6.07, 6.45) is 4.02. The maximum atomic E-state index is 12.7. The molecule has 0 unspecified atom stereocenters. The summed E-state index contributed by atoms with van der Waals surface area (Å²) in [6.45, 7) is 4.40. The molecular formula is C21H26N2O5. The van der Waals surface area contributed by atoms with Gasteiger partial charge in [-0.25, -0.2) is 4.79 Å². The van der Waals surface area contributed by atoms with Crippen molar-refractivity contribution in [2.24, 2.45) is 0 Å². The first-order valence-corrected chi connectivity index (χ1v) is 10.1. The Morgan fingerprint density at radius 1 is 1.29 bits per heavy atom. The number of hydrogen-bond acceptors (Lipinski definition) is 5. The van der Waals surface area contributed by atoms with E-state index < -0.39 is 5.54 Å². The van der Waals surface area contributed by atoms with E-state index in [9.17, 15) is 9.59 Å². The van der Waals surface area contributed by atoms with Crippen LogP contribution in [-0.4, -0.2) is 48.2 Å². The molecule has 1 spiro atoms. The predicted molar refractivity (Wildman–Crippen MR) is 101 cm³/mol. The Kier molecular flexibility index (Phi) is 3.64. The van der Waals surface area contributed by atoms with Crippen LogP contribution < -0.4 is 19.5 Å². The van der Waals surface area contributed by atoms with Gasteiger partial charge in [0.05, 0.1) is 13.7 Å². The maximum absolute atomic E-state index is 12.7. The van der Waals surface area contributed by atoms with Crippen LogP contribution in [-0.2, 0) is 10.2 Å². The summed E-state index contributed by atoms with van der Waals surface area (Å²) in [6, 6.07) is 3.44. The highest BCUT2D eigenvalue weighted by molar-refractivity contribution is 6.07. The van der Waals surface area contributed by atoms with Crippen molar-refractivity contribution in [3.05, 3.63) is 17.7 Å². The Balaban J connectivity index is 1.32. The molecule has 2 aliphatic heterocycles. The van der Waals surface area contributed by atoms with Crippen LogP contribution in [0.1, 0.15) is 51.5 Å². The molecule has 150 valence electrons. The summed E-state index contributed by atoms with van der Waals surface area (Å²) < 4.78 is 17.8. The average Bonchev–Trinajstić information content (AvgIpc) is 3.28. The number of imide groups is 1. The number of amides is 3. The van der Waals surface area contributed by atoms with Crippen LogP contribution in [0.25, 0.3) is 0 Å². The lowest BCUT2D eigenvalue weighted by molar-refractivity contribution is -0.135. The molecular weight excluding hydrogens is 360 g/mol. The van der Waals surface area contributed by atoms with Crippen molar-refractivity contribution >= 4 is 11.9 Å². The van der Waals surface area contributed by atoms with Crippen molar-refractivity contribution in [2.45, 2.75) is 69.1 Å². The third-order valence-electron chi connectivity index (χ3n) is 6.91. The van der Waals surface area contributed by atoms with Gasteiger partial charge in [-0.3, -0.25) is 9.69 Å². The van der Waals surface area contributed by atoms with E-state index in [2.05, 4.69) is 5.32 Å². The van der Waals surface area contributed by atoms with E-state index in [1.54, 1.807) is 14.0 Å². The van der Waals surface area contributed by atoms with E-state index in [-0.39, 0.29) is 29.5 Å². The average molecular weight is 386 g/mol. The zero-order valence-electron chi connectivity index (χ0n) is 16.5. The van der Waals surface area contributed by atoms with Crippen molar-refractivity contribution in [3.63, 3.8) is 0 Å². The molecule has 0 bridgehead atoms. The second-order valence-corrected chi connectivity index (χ2v) is 8.70. The molecule has 5 rings (SSSR count). The standard InChI is InChI=1S/C21H26N2O5/c1-4-20(2)18(24)23(19(25)22-20)12-9-13(10-12)28-17-15(26-3)6-5-14-16(17)21(7-8-21)11-27-14/h5-6,12-13H,4,7-11H2,1-3H3,(H,22,25)/t12?,13?,20-/m0/s1. The highest BCUT2D eigenvalue weighted by Gasteiger charge is 2.55. The fraction of sp³-hybridized carbons (Fsp3) is 0.619. The molecule has 3 amide bonds. The van der Waals surface area contributed by atoms with Crippen LogP contribution in [0, 0.1) is 0 Å². The largest absolute Gasteiger partial charge is 0.493 e. The first-order valence-electron chi connectivity index (χ1n) is 10.1. The van der Waals surface area contributed by atoms with E-state index in [4.69, 9.17) is 14.2 Å². The van der Waals surface area contributed by atoms with Gasteiger partial charge in [-0.1, -0.05) is 6.92 Å². The lowest BCUT2D eigenvalue weighted by Gasteiger charge is -2.40. The van der Waals surface area contributed by atoms with Crippen molar-refractivity contribution in [2.75, 3.05) is 13.7 Å². The number of nitrogens with one attached hydrogen (secondary N) is 1. The number of benzene rings is 1. The molecule has 1 aromatic carbocycles. The Bertz CT molecular complexity index is 859. The Morgan fingerprint density at radius 3 is 2.64 bits per heavy atom. The minimum atomic E-state index is -0.789. The molecule has 1 atom stereocenters. The van der Waals surface area contributed by atoms with Gasteiger partial charge in [-0.2, -0.15) is 0 Å². The molecule has 2 saturated carbocycles. The summed E-state index contributed by atoms with van der Waals surface area (Å²) in [5.41, 5.74) is 0.419. The molecule has 7 nitrogen and oxygen atoms in total. The van der Waals surface area contributed by atoms with Crippen molar-refractivity contribution in [1.29, 1.82) is 0 Å². The first-order chi connectivity index (χ1) is 13.4. The lowest BCUT2D eigenvalue weighted by Crippen LogP contribution is -2.52. The normalized spacial score (nSPS) is 31.9. The molecule has 2 aliphatic carbocycles. The maximum Gasteiger partial charge on any atom is 0.325 e. The fourth-order valence-corrected chi connectivity index (χ4v) is 4.57. The van der Waals surface area contributed by atoms with Crippen molar-refractivity contribution in [3.8, 4) is 17.2 Å². The van der Waals surface area contributed by atoms with Gasteiger partial charge in [0.25, 0.3) is 5.91 Å². The Labute approximate surface area is 164 Å². The van der Waals surface area contributed by atoms with Gasteiger partial charge in [0.1, 0.15) is 17.4 Å². The molecule has 0 radical (unpaired) electrons. The third-order valence-corrected chi connectivity index (χ3v) is 6.91. The SMILES string of the molecule is CC[C@]1(C)NC(=O)N(C2CC(Oc3c(OC)ccc4c3C3(CC3)CO4)C2)C1=O. The number of carbonyl (C=O) groups is 2. The molecule has 28 heavy (non-hydrogen) atoms. The number of ether oxygens (including phenoxy) is 3. The Morgan fingerprint density at radius 2 is 2.04 bits per heavy atom. The quantitative estimate of drug-likeness (QED) is 0.788. The molecule has 4 aliphatic rings. The van der Waals surface area contributed by atoms with Gasteiger partial charge in [0.15, 0.2) is 11.5 Å².